The zero-order chi connectivity index (χ0) is 23.7. The van der Waals surface area contributed by atoms with Crippen molar-refractivity contribution in [3.8, 4) is 11.3 Å². The third-order valence-corrected chi connectivity index (χ3v) is 6.92. The van der Waals surface area contributed by atoms with Crippen molar-refractivity contribution in [2.45, 2.75) is 6.92 Å². The second-order valence-electron chi connectivity index (χ2n) is 8.62. The van der Waals surface area contributed by atoms with Crippen LogP contribution >= 0.6 is 11.3 Å². The molecule has 1 amide bonds. The maximum Gasteiger partial charge on any atom is 0.260 e. The number of aromatic nitrogens is 2. The lowest BCUT2D eigenvalue weighted by Crippen LogP contribution is -2.37. The molecular formula is C28H26N4OS. The Morgan fingerprint density at radius 1 is 0.882 bits per heavy atom. The number of likely N-dealkylation sites (N-methyl/N-ethyl adjacent to an activating group) is 1. The molecule has 6 heteroatoms. The lowest BCUT2D eigenvalue weighted by molar-refractivity contribution is 0.0986. The Morgan fingerprint density at radius 3 is 2.41 bits per heavy atom. The van der Waals surface area contributed by atoms with Crippen LogP contribution in [-0.2, 0) is 0 Å². The molecule has 5 aromatic rings. The number of nitrogens with zero attached hydrogens (tertiary/aromatic N) is 4. The number of fused-ring (bicyclic) bond motifs is 2. The van der Waals surface area contributed by atoms with E-state index in [1.54, 1.807) is 11.3 Å². The number of aryl methyl sites for hydroxylation is 1. The highest BCUT2D eigenvalue weighted by Crippen LogP contribution is 2.33. The molecule has 0 unspecified atom stereocenters. The first-order valence-electron chi connectivity index (χ1n) is 11.3. The number of carbonyl (C=O) groups is 1. The minimum atomic E-state index is -0.0608. The monoisotopic (exact) mass is 466 g/mol. The lowest BCUT2D eigenvalue weighted by atomic mass is 10.0. The smallest absolute Gasteiger partial charge is 0.260 e. The quantitative estimate of drug-likeness (QED) is 0.307. The number of amides is 1. The molecule has 2 heterocycles. The molecule has 5 rings (SSSR count). The summed E-state index contributed by atoms with van der Waals surface area (Å²) in [5.41, 5.74) is 5.28. The number of para-hydroxylation sites is 2. The van der Waals surface area contributed by atoms with E-state index in [9.17, 15) is 4.79 Å². The maximum absolute atomic E-state index is 14.2. The fraction of sp³-hybridized carbons (Fsp3) is 0.179. The average molecular weight is 467 g/mol. The molecule has 5 nitrogen and oxygen atoms in total. The van der Waals surface area contributed by atoms with E-state index >= 15 is 0 Å². The minimum absolute atomic E-state index is 0.0608. The van der Waals surface area contributed by atoms with Crippen molar-refractivity contribution in [2.24, 2.45) is 0 Å². The Bertz CT molecular complexity index is 1480. The molecule has 3 aromatic carbocycles. The molecule has 0 atom stereocenters. The minimum Gasteiger partial charge on any atom is -0.308 e. The van der Waals surface area contributed by atoms with Gasteiger partial charge in [-0.2, -0.15) is 0 Å². The number of carbonyl (C=O) groups excluding carboxylic acids is 1. The molecule has 0 saturated heterocycles. The van der Waals surface area contributed by atoms with Gasteiger partial charge >= 0.3 is 0 Å². The zero-order valence-corrected chi connectivity index (χ0v) is 20.3. The van der Waals surface area contributed by atoms with Crippen molar-refractivity contribution < 1.29 is 4.79 Å². The summed E-state index contributed by atoms with van der Waals surface area (Å²) in [6.45, 7) is 3.33. The Kier molecular flexibility index (Phi) is 6.09. The van der Waals surface area contributed by atoms with Gasteiger partial charge in [0.1, 0.15) is 0 Å². The van der Waals surface area contributed by atoms with Gasteiger partial charge in [0.25, 0.3) is 5.91 Å². The molecule has 0 fully saturated rings. The van der Waals surface area contributed by atoms with E-state index in [1.807, 2.05) is 85.7 Å². The van der Waals surface area contributed by atoms with Crippen LogP contribution in [0.5, 0.6) is 0 Å². The lowest BCUT2D eigenvalue weighted by Gasteiger charge is -2.23. The van der Waals surface area contributed by atoms with Gasteiger partial charge in [-0.05, 0) is 44.8 Å². The highest BCUT2D eigenvalue weighted by Gasteiger charge is 2.24. The Morgan fingerprint density at radius 2 is 1.65 bits per heavy atom. The third-order valence-electron chi connectivity index (χ3n) is 5.87. The molecule has 0 aliphatic rings. The molecule has 170 valence electrons. The van der Waals surface area contributed by atoms with E-state index < -0.39 is 0 Å². The van der Waals surface area contributed by atoms with Crippen molar-refractivity contribution in [3.05, 3.63) is 90.0 Å². The number of rotatable bonds is 6. The molecule has 0 spiro atoms. The van der Waals surface area contributed by atoms with E-state index in [1.165, 1.54) is 0 Å². The van der Waals surface area contributed by atoms with Gasteiger partial charge in [0.2, 0.25) is 0 Å². The van der Waals surface area contributed by atoms with Crippen molar-refractivity contribution in [3.63, 3.8) is 0 Å². The van der Waals surface area contributed by atoms with Crippen molar-refractivity contribution in [2.75, 3.05) is 32.1 Å². The van der Waals surface area contributed by atoms with Gasteiger partial charge in [-0.3, -0.25) is 9.69 Å². The third kappa shape index (κ3) is 4.30. The normalized spacial score (nSPS) is 11.4. The number of anilines is 1. The molecule has 0 aliphatic heterocycles. The fourth-order valence-corrected chi connectivity index (χ4v) is 5.10. The number of thiazole rings is 1. The number of hydrogen-bond donors (Lipinski definition) is 0. The first-order valence-corrected chi connectivity index (χ1v) is 12.1. The summed E-state index contributed by atoms with van der Waals surface area (Å²) >= 11 is 1.56. The van der Waals surface area contributed by atoms with Crippen LogP contribution in [0.25, 0.3) is 32.4 Å². The summed E-state index contributed by atoms with van der Waals surface area (Å²) in [5.74, 6) is -0.0608. The summed E-state index contributed by atoms with van der Waals surface area (Å²) in [6, 6.07) is 25.9. The topological polar surface area (TPSA) is 49.3 Å². The van der Waals surface area contributed by atoms with Crippen LogP contribution in [0, 0.1) is 6.92 Å². The van der Waals surface area contributed by atoms with Crippen LogP contribution in [0.1, 0.15) is 15.9 Å². The average Bonchev–Trinajstić information content (AvgIpc) is 3.29. The molecule has 2 aromatic heterocycles. The van der Waals surface area contributed by atoms with E-state index in [0.29, 0.717) is 12.1 Å². The Balaban J connectivity index is 1.65. The van der Waals surface area contributed by atoms with E-state index in [0.717, 1.165) is 49.6 Å². The number of benzene rings is 3. The van der Waals surface area contributed by atoms with Crippen molar-refractivity contribution in [1.82, 2.24) is 14.9 Å². The summed E-state index contributed by atoms with van der Waals surface area (Å²) < 4.78 is 1.09. The fourth-order valence-electron chi connectivity index (χ4n) is 4.03. The van der Waals surface area contributed by atoms with E-state index in [2.05, 4.69) is 24.0 Å². The number of pyridine rings is 1. The highest BCUT2D eigenvalue weighted by molar-refractivity contribution is 7.22. The second kappa shape index (κ2) is 9.33. The second-order valence-corrected chi connectivity index (χ2v) is 9.63. The van der Waals surface area contributed by atoms with Gasteiger partial charge in [0.15, 0.2) is 5.13 Å². The first kappa shape index (κ1) is 22.2. The van der Waals surface area contributed by atoms with Crippen LogP contribution in [0.4, 0.5) is 5.13 Å². The summed E-state index contributed by atoms with van der Waals surface area (Å²) in [4.78, 5) is 27.8. The molecule has 0 N–H and O–H groups in total. The van der Waals surface area contributed by atoms with Gasteiger partial charge in [0.05, 0.1) is 27.0 Å². The van der Waals surface area contributed by atoms with E-state index in [4.69, 9.17) is 9.97 Å². The van der Waals surface area contributed by atoms with Crippen LogP contribution < -0.4 is 4.90 Å². The Hall–Kier alpha value is -3.61. The standard InChI is InChI=1S/C28H26N4OS/c1-19-10-9-15-25-26(19)30-28(34-25)32(17-16-31(2)3)27(33)22-18-24(20-11-5-4-6-12-20)29-23-14-8-7-13-21(22)23/h4-15,18H,16-17H2,1-3H3. The first-order chi connectivity index (χ1) is 16.5. The molecule has 0 saturated carbocycles. The zero-order valence-electron chi connectivity index (χ0n) is 19.5. The van der Waals surface area contributed by atoms with Crippen molar-refractivity contribution >= 4 is 43.5 Å². The van der Waals surface area contributed by atoms with Gasteiger partial charge in [0, 0.05) is 24.0 Å². The molecular weight excluding hydrogens is 440 g/mol. The van der Waals surface area contributed by atoms with Gasteiger partial charge in [-0.1, -0.05) is 72.0 Å². The van der Waals surface area contributed by atoms with Gasteiger partial charge < -0.3 is 4.90 Å². The van der Waals surface area contributed by atoms with Crippen LogP contribution in [0.2, 0.25) is 0 Å². The molecule has 0 aliphatic carbocycles. The van der Waals surface area contributed by atoms with Gasteiger partial charge in [-0.15, -0.1) is 0 Å². The van der Waals surface area contributed by atoms with E-state index in [-0.39, 0.29) is 5.91 Å². The summed E-state index contributed by atoms with van der Waals surface area (Å²) in [6.07, 6.45) is 0. The van der Waals surface area contributed by atoms with Crippen molar-refractivity contribution in [1.29, 1.82) is 0 Å². The number of hydrogen-bond acceptors (Lipinski definition) is 5. The molecule has 0 radical (unpaired) electrons. The van der Waals surface area contributed by atoms with Gasteiger partial charge in [-0.25, -0.2) is 9.97 Å². The van der Waals surface area contributed by atoms with Crippen LogP contribution in [0.3, 0.4) is 0 Å². The predicted octanol–water partition coefficient (Wildman–Crippen LogP) is 6.03. The molecule has 34 heavy (non-hydrogen) atoms. The van der Waals surface area contributed by atoms with Crippen LogP contribution in [-0.4, -0.2) is 48.0 Å². The summed E-state index contributed by atoms with van der Waals surface area (Å²) in [7, 11) is 4.03. The maximum atomic E-state index is 14.2. The molecule has 0 bridgehead atoms. The SMILES string of the molecule is Cc1cccc2sc(N(CCN(C)C)C(=O)c3cc(-c4ccccc4)nc4ccccc34)nc12. The largest absolute Gasteiger partial charge is 0.308 e. The predicted molar refractivity (Wildman–Crippen MR) is 142 cm³/mol. The summed E-state index contributed by atoms with van der Waals surface area (Å²) in [5, 5.41) is 1.57. The van der Waals surface area contributed by atoms with Crippen LogP contribution in [0.15, 0.2) is 78.9 Å². The highest BCUT2D eigenvalue weighted by atomic mass is 32.1. The Labute approximate surface area is 203 Å².